The van der Waals surface area contributed by atoms with E-state index in [-0.39, 0.29) is 17.2 Å². The molecule has 0 spiro atoms. The van der Waals surface area contributed by atoms with Gasteiger partial charge in [-0.25, -0.2) is 9.97 Å². The zero-order valence-corrected chi connectivity index (χ0v) is 17.7. The molecule has 7 heteroatoms. The van der Waals surface area contributed by atoms with Crippen LogP contribution in [0.5, 0.6) is 0 Å². The standard InChI is InChI=1S/C22H20Cl2N4O/c1-21(2)13-5-6-22(21,20(29)26-11-12-4-3-7-25-10-12)19-18(13)27-16-8-14(23)15(24)9-17(16)28-19/h3-4,7-10,13H,5-6,11H2,1-2H3,(H,26,29). The van der Waals surface area contributed by atoms with Crippen molar-refractivity contribution in [1.82, 2.24) is 20.3 Å². The Hall–Kier alpha value is -2.24. The first-order valence-electron chi connectivity index (χ1n) is 9.69. The predicted molar refractivity (Wildman–Crippen MR) is 113 cm³/mol. The van der Waals surface area contributed by atoms with E-state index in [1.165, 1.54) is 0 Å². The van der Waals surface area contributed by atoms with Crippen LogP contribution >= 0.6 is 23.2 Å². The minimum absolute atomic E-state index is 0.00122. The minimum Gasteiger partial charge on any atom is -0.351 e. The molecule has 29 heavy (non-hydrogen) atoms. The van der Waals surface area contributed by atoms with E-state index in [0.717, 1.165) is 29.8 Å². The number of carbonyl (C=O) groups is 1. The summed E-state index contributed by atoms with van der Waals surface area (Å²) in [5, 5.41) is 4.02. The van der Waals surface area contributed by atoms with E-state index < -0.39 is 5.41 Å². The van der Waals surface area contributed by atoms with Gasteiger partial charge in [0.05, 0.1) is 37.9 Å². The van der Waals surface area contributed by atoms with Gasteiger partial charge in [0.15, 0.2) is 0 Å². The summed E-state index contributed by atoms with van der Waals surface area (Å²) in [4.78, 5) is 27.5. The predicted octanol–water partition coefficient (Wildman–Crippen LogP) is 4.80. The molecule has 1 amide bonds. The first kappa shape index (κ1) is 18.8. The highest BCUT2D eigenvalue weighted by molar-refractivity contribution is 6.42. The lowest BCUT2D eigenvalue weighted by atomic mass is 9.67. The van der Waals surface area contributed by atoms with Gasteiger partial charge in [0, 0.05) is 24.9 Å². The molecule has 2 heterocycles. The Morgan fingerprint density at radius 3 is 2.62 bits per heavy atom. The third kappa shape index (κ3) is 2.53. The molecule has 2 unspecified atom stereocenters. The van der Waals surface area contributed by atoms with Crippen molar-refractivity contribution in [2.24, 2.45) is 5.41 Å². The number of halogens is 2. The smallest absolute Gasteiger partial charge is 0.233 e. The summed E-state index contributed by atoms with van der Waals surface area (Å²) in [6, 6.07) is 7.30. The Morgan fingerprint density at radius 1 is 1.21 bits per heavy atom. The normalized spacial score (nSPS) is 23.9. The Morgan fingerprint density at radius 2 is 1.93 bits per heavy atom. The number of pyridine rings is 1. The van der Waals surface area contributed by atoms with Gasteiger partial charge in [0.25, 0.3) is 0 Å². The Balaban J connectivity index is 1.60. The summed E-state index contributed by atoms with van der Waals surface area (Å²) in [6.07, 6.45) is 5.17. The van der Waals surface area contributed by atoms with Crippen LogP contribution in [0.4, 0.5) is 0 Å². The van der Waals surface area contributed by atoms with Crippen LogP contribution in [-0.2, 0) is 16.8 Å². The summed E-state index contributed by atoms with van der Waals surface area (Å²) in [7, 11) is 0. The van der Waals surface area contributed by atoms with E-state index in [2.05, 4.69) is 24.1 Å². The van der Waals surface area contributed by atoms with E-state index in [1.807, 2.05) is 12.1 Å². The fraction of sp³-hybridized carbons (Fsp3) is 0.364. The lowest BCUT2D eigenvalue weighted by molar-refractivity contribution is -0.130. The molecule has 3 aromatic rings. The highest BCUT2D eigenvalue weighted by Gasteiger charge is 2.67. The zero-order chi connectivity index (χ0) is 20.4. The van der Waals surface area contributed by atoms with Crippen LogP contribution in [0.25, 0.3) is 11.0 Å². The second kappa shape index (κ2) is 6.38. The minimum atomic E-state index is -0.706. The molecule has 2 bridgehead atoms. The van der Waals surface area contributed by atoms with E-state index in [1.54, 1.807) is 24.5 Å². The van der Waals surface area contributed by atoms with E-state index in [4.69, 9.17) is 33.2 Å². The third-order valence-corrected chi connectivity index (χ3v) is 7.53. The van der Waals surface area contributed by atoms with E-state index >= 15 is 0 Å². The van der Waals surface area contributed by atoms with Gasteiger partial charge in [-0.2, -0.15) is 0 Å². The molecule has 5 rings (SSSR count). The number of amides is 1. The Bertz CT molecular complexity index is 1150. The zero-order valence-electron chi connectivity index (χ0n) is 16.2. The van der Waals surface area contributed by atoms with Gasteiger partial charge < -0.3 is 5.32 Å². The van der Waals surface area contributed by atoms with Crippen LogP contribution in [0, 0.1) is 5.41 Å². The van der Waals surface area contributed by atoms with Gasteiger partial charge in [-0.1, -0.05) is 43.1 Å². The fourth-order valence-electron chi connectivity index (χ4n) is 5.22. The third-order valence-electron chi connectivity index (χ3n) is 6.81. The van der Waals surface area contributed by atoms with Crippen molar-refractivity contribution in [3.8, 4) is 0 Å². The van der Waals surface area contributed by atoms with Crippen LogP contribution in [0.2, 0.25) is 10.0 Å². The molecule has 2 aliphatic rings. The molecule has 5 nitrogen and oxygen atoms in total. The molecule has 1 fully saturated rings. The van der Waals surface area contributed by atoms with Crippen LogP contribution < -0.4 is 5.32 Å². The van der Waals surface area contributed by atoms with Crippen LogP contribution in [0.3, 0.4) is 0 Å². The monoisotopic (exact) mass is 426 g/mol. The van der Waals surface area contributed by atoms with Crippen molar-refractivity contribution < 1.29 is 4.79 Å². The maximum Gasteiger partial charge on any atom is 0.233 e. The highest BCUT2D eigenvalue weighted by atomic mass is 35.5. The highest BCUT2D eigenvalue weighted by Crippen LogP contribution is 2.67. The average molecular weight is 427 g/mol. The average Bonchev–Trinajstić information content (AvgIpc) is 3.08. The topological polar surface area (TPSA) is 67.8 Å². The number of rotatable bonds is 3. The molecule has 2 atom stereocenters. The van der Waals surface area contributed by atoms with Crippen LogP contribution in [0.1, 0.15) is 49.6 Å². The molecule has 0 saturated heterocycles. The number of nitrogens with one attached hydrogen (secondary N) is 1. The fourth-order valence-corrected chi connectivity index (χ4v) is 5.53. The number of fused-ring (bicyclic) bond motifs is 6. The van der Waals surface area contributed by atoms with Crippen molar-refractivity contribution in [2.45, 2.75) is 44.6 Å². The summed E-state index contributed by atoms with van der Waals surface area (Å²) in [5.41, 5.74) is 3.07. The second-order valence-electron chi connectivity index (χ2n) is 8.47. The summed E-state index contributed by atoms with van der Waals surface area (Å²) in [6.45, 7) is 4.75. The maximum absolute atomic E-state index is 13.6. The molecule has 2 aromatic heterocycles. The van der Waals surface area contributed by atoms with E-state index in [0.29, 0.717) is 27.6 Å². The number of benzene rings is 1. The molecule has 0 aliphatic heterocycles. The van der Waals surface area contributed by atoms with Crippen molar-refractivity contribution >= 4 is 40.1 Å². The van der Waals surface area contributed by atoms with Gasteiger partial charge >= 0.3 is 0 Å². The number of nitrogens with zero attached hydrogens (tertiary/aromatic N) is 3. The number of aromatic nitrogens is 3. The lowest BCUT2D eigenvalue weighted by Crippen LogP contribution is -2.49. The van der Waals surface area contributed by atoms with Crippen LogP contribution in [-0.4, -0.2) is 20.9 Å². The first-order valence-corrected chi connectivity index (χ1v) is 10.4. The largest absolute Gasteiger partial charge is 0.351 e. The number of hydrogen-bond acceptors (Lipinski definition) is 4. The van der Waals surface area contributed by atoms with Crippen molar-refractivity contribution in [1.29, 1.82) is 0 Å². The molecule has 1 saturated carbocycles. The maximum atomic E-state index is 13.6. The Kier molecular flexibility index (Phi) is 4.13. The lowest BCUT2D eigenvalue weighted by Gasteiger charge is -2.36. The van der Waals surface area contributed by atoms with Gasteiger partial charge in [0.1, 0.15) is 0 Å². The van der Waals surface area contributed by atoms with Crippen molar-refractivity contribution in [2.75, 3.05) is 0 Å². The summed E-state index contributed by atoms with van der Waals surface area (Å²) in [5.74, 6) is 0.189. The molecule has 1 N–H and O–H groups in total. The van der Waals surface area contributed by atoms with Gasteiger partial charge in [-0.05, 0) is 42.0 Å². The molecule has 2 aliphatic carbocycles. The molecule has 0 radical (unpaired) electrons. The molecule has 148 valence electrons. The van der Waals surface area contributed by atoms with E-state index in [9.17, 15) is 4.79 Å². The van der Waals surface area contributed by atoms with Gasteiger partial charge in [0.2, 0.25) is 5.91 Å². The Labute approximate surface area is 178 Å². The van der Waals surface area contributed by atoms with Crippen molar-refractivity contribution in [3.63, 3.8) is 0 Å². The summed E-state index contributed by atoms with van der Waals surface area (Å²) >= 11 is 12.4. The van der Waals surface area contributed by atoms with Crippen molar-refractivity contribution in [3.05, 3.63) is 63.7 Å². The SMILES string of the molecule is CC1(C)C2CCC1(C(=O)NCc1cccnc1)c1nc3cc(Cl)c(Cl)cc3nc12. The van der Waals surface area contributed by atoms with Gasteiger partial charge in [-0.15, -0.1) is 0 Å². The van der Waals surface area contributed by atoms with Crippen LogP contribution in [0.15, 0.2) is 36.7 Å². The number of carbonyl (C=O) groups excluding carboxylic acids is 1. The molecule has 1 aromatic carbocycles. The molecular weight excluding hydrogens is 407 g/mol. The quantitative estimate of drug-likeness (QED) is 0.652. The second-order valence-corrected chi connectivity index (χ2v) is 9.29. The number of hydrogen-bond donors (Lipinski definition) is 1. The van der Waals surface area contributed by atoms with Gasteiger partial charge in [-0.3, -0.25) is 9.78 Å². The summed E-state index contributed by atoms with van der Waals surface area (Å²) < 4.78 is 0. The first-order chi connectivity index (χ1) is 13.8. The molecular formula is C22H20Cl2N4O.